The molecule has 0 spiro atoms. The lowest BCUT2D eigenvalue weighted by Crippen LogP contribution is -2.56. The molecule has 3 atom stereocenters. The van der Waals surface area contributed by atoms with Crippen LogP contribution in [0.3, 0.4) is 0 Å². The fourth-order valence-electron chi connectivity index (χ4n) is 4.58. The maximum atomic E-state index is 12.9. The normalized spacial score (nSPS) is 23.0. The van der Waals surface area contributed by atoms with Gasteiger partial charge >= 0.3 is 0 Å². The number of hydrogen-bond donors (Lipinski definition) is 2. The second kappa shape index (κ2) is 14.6. The molecule has 1 aliphatic carbocycles. The van der Waals surface area contributed by atoms with Gasteiger partial charge in [0.1, 0.15) is 18.0 Å². The van der Waals surface area contributed by atoms with Gasteiger partial charge in [-0.1, -0.05) is 39.3 Å². The predicted octanol–water partition coefficient (Wildman–Crippen LogP) is 3.23. The first kappa shape index (κ1) is 27.6. The minimum absolute atomic E-state index is 0.00423. The van der Waals surface area contributed by atoms with E-state index in [1.807, 2.05) is 24.3 Å². The second-order valence-corrected chi connectivity index (χ2v) is 9.38. The van der Waals surface area contributed by atoms with Gasteiger partial charge in [-0.2, -0.15) is 0 Å². The first-order valence-electron chi connectivity index (χ1n) is 12.2. The van der Waals surface area contributed by atoms with E-state index < -0.39 is 5.60 Å². The van der Waals surface area contributed by atoms with Crippen LogP contribution < -0.4 is 10.1 Å². The largest absolute Gasteiger partial charge is 0.491 e. The van der Waals surface area contributed by atoms with Crippen molar-refractivity contribution >= 4 is 5.91 Å². The number of rotatable bonds is 15. The molecule has 0 heterocycles. The van der Waals surface area contributed by atoms with Gasteiger partial charge in [0.05, 0.1) is 33.0 Å². The maximum Gasteiger partial charge on any atom is 0.252 e. The Bertz CT molecular complexity index is 697. The summed E-state index contributed by atoms with van der Waals surface area (Å²) in [4.78, 5) is 12.9. The SMILES string of the molecule is COCCOCCOCCOc1cccc(CCNC(=O)[C@]2(O)C[C@H](C)CC[C@H]2C(C)C)c1. The Kier molecular flexibility index (Phi) is 12.2. The van der Waals surface area contributed by atoms with E-state index in [-0.39, 0.29) is 17.7 Å². The third kappa shape index (κ3) is 9.24. The Hall–Kier alpha value is -1.67. The summed E-state index contributed by atoms with van der Waals surface area (Å²) >= 11 is 0. The van der Waals surface area contributed by atoms with Crippen molar-refractivity contribution in [2.45, 2.75) is 52.1 Å². The van der Waals surface area contributed by atoms with E-state index >= 15 is 0 Å². The van der Waals surface area contributed by atoms with Crippen molar-refractivity contribution < 1.29 is 28.8 Å². The number of benzene rings is 1. The van der Waals surface area contributed by atoms with Gasteiger partial charge in [-0.05, 0) is 54.7 Å². The average Bonchev–Trinajstić information content (AvgIpc) is 2.78. The summed E-state index contributed by atoms with van der Waals surface area (Å²) in [5.41, 5.74) is -0.198. The highest BCUT2D eigenvalue weighted by atomic mass is 16.6. The predicted molar refractivity (Wildman–Crippen MR) is 128 cm³/mol. The van der Waals surface area contributed by atoms with Gasteiger partial charge in [0.2, 0.25) is 0 Å². The summed E-state index contributed by atoms with van der Waals surface area (Å²) in [7, 11) is 1.65. The molecule has 0 unspecified atom stereocenters. The smallest absolute Gasteiger partial charge is 0.252 e. The van der Waals surface area contributed by atoms with Crippen LogP contribution in [0, 0.1) is 17.8 Å². The van der Waals surface area contributed by atoms with Gasteiger partial charge in [0.15, 0.2) is 0 Å². The second-order valence-electron chi connectivity index (χ2n) is 9.38. The van der Waals surface area contributed by atoms with E-state index in [0.717, 1.165) is 24.2 Å². The van der Waals surface area contributed by atoms with Gasteiger partial charge in [0, 0.05) is 13.7 Å². The number of amides is 1. The summed E-state index contributed by atoms with van der Waals surface area (Å²) in [6, 6.07) is 7.85. The Morgan fingerprint density at radius 2 is 1.82 bits per heavy atom. The van der Waals surface area contributed by atoms with E-state index in [2.05, 4.69) is 26.1 Å². The lowest BCUT2D eigenvalue weighted by molar-refractivity contribution is -0.155. The molecule has 33 heavy (non-hydrogen) atoms. The fraction of sp³-hybridized carbons (Fsp3) is 0.731. The minimum atomic E-state index is -1.27. The molecule has 1 saturated carbocycles. The molecule has 1 amide bonds. The van der Waals surface area contributed by atoms with Crippen molar-refractivity contribution in [2.75, 3.05) is 53.3 Å². The molecule has 0 bridgehead atoms. The number of aliphatic hydroxyl groups is 1. The van der Waals surface area contributed by atoms with Gasteiger partial charge in [-0.3, -0.25) is 4.79 Å². The van der Waals surface area contributed by atoms with Crippen LogP contribution in [-0.2, 0) is 25.4 Å². The first-order chi connectivity index (χ1) is 15.9. The van der Waals surface area contributed by atoms with Crippen molar-refractivity contribution in [3.05, 3.63) is 29.8 Å². The molecule has 1 aliphatic rings. The molecule has 0 aromatic heterocycles. The van der Waals surface area contributed by atoms with Crippen molar-refractivity contribution in [1.82, 2.24) is 5.32 Å². The minimum Gasteiger partial charge on any atom is -0.491 e. The molecule has 0 saturated heterocycles. The summed E-state index contributed by atoms with van der Waals surface area (Å²) in [5.74, 6) is 1.18. The zero-order valence-electron chi connectivity index (χ0n) is 20.8. The summed E-state index contributed by atoms with van der Waals surface area (Å²) in [5, 5.41) is 14.2. The van der Waals surface area contributed by atoms with Crippen LogP contribution in [0.1, 0.15) is 45.6 Å². The molecule has 7 heteroatoms. The van der Waals surface area contributed by atoms with Crippen molar-refractivity contribution in [3.63, 3.8) is 0 Å². The van der Waals surface area contributed by atoms with E-state index in [0.29, 0.717) is 64.9 Å². The van der Waals surface area contributed by atoms with Crippen LogP contribution in [0.2, 0.25) is 0 Å². The number of ether oxygens (including phenoxy) is 4. The van der Waals surface area contributed by atoms with E-state index in [4.69, 9.17) is 18.9 Å². The lowest BCUT2D eigenvalue weighted by atomic mass is 9.66. The van der Waals surface area contributed by atoms with E-state index in [9.17, 15) is 9.90 Å². The molecule has 2 N–H and O–H groups in total. The van der Waals surface area contributed by atoms with E-state index in [1.54, 1.807) is 7.11 Å². The molecule has 1 fully saturated rings. The average molecular weight is 466 g/mol. The molecular weight excluding hydrogens is 422 g/mol. The topological polar surface area (TPSA) is 86.3 Å². The Balaban J connectivity index is 1.71. The van der Waals surface area contributed by atoms with Crippen LogP contribution in [0.5, 0.6) is 5.75 Å². The Morgan fingerprint density at radius 1 is 1.12 bits per heavy atom. The molecular formula is C26H43NO6. The number of methoxy groups -OCH3 is 1. The Morgan fingerprint density at radius 3 is 2.52 bits per heavy atom. The van der Waals surface area contributed by atoms with Gasteiger partial charge < -0.3 is 29.4 Å². The van der Waals surface area contributed by atoms with Gasteiger partial charge in [0.25, 0.3) is 5.91 Å². The van der Waals surface area contributed by atoms with Gasteiger partial charge in [-0.15, -0.1) is 0 Å². The Labute approximate surface area is 199 Å². The van der Waals surface area contributed by atoms with Crippen LogP contribution in [0.15, 0.2) is 24.3 Å². The molecule has 0 radical (unpaired) electrons. The van der Waals surface area contributed by atoms with Crippen LogP contribution in [0.4, 0.5) is 0 Å². The molecule has 0 aliphatic heterocycles. The van der Waals surface area contributed by atoms with Crippen molar-refractivity contribution in [1.29, 1.82) is 0 Å². The van der Waals surface area contributed by atoms with Crippen molar-refractivity contribution in [2.24, 2.45) is 17.8 Å². The zero-order valence-corrected chi connectivity index (χ0v) is 20.8. The van der Waals surface area contributed by atoms with Gasteiger partial charge in [-0.25, -0.2) is 0 Å². The number of hydrogen-bond acceptors (Lipinski definition) is 6. The highest BCUT2D eigenvalue weighted by molar-refractivity contribution is 5.85. The van der Waals surface area contributed by atoms with Crippen molar-refractivity contribution in [3.8, 4) is 5.75 Å². The molecule has 7 nitrogen and oxygen atoms in total. The van der Waals surface area contributed by atoms with Crippen LogP contribution in [-0.4, -0.2) is 69.9 Å². The highest BCUT2D eigenvalue weighted by Gasteiger charge is 2.48. The third-order valence-electron chi connectivity index (χ3n) is 6.34. The fourth-order valence-corrected chi connectivity index (χ4v) is 4.58. The summed E-state index contributed by atoms with van der Waals surface area (Å²) < 4.78 is 21.5. The monoisotopic (exact) mass is 465 g/mol. The standard InChI is InChI=1S/C26H43NO6/c1-20(2)24-9-8-21(3)19-26(24,29)25(28)27-11-10-22-6-5-7-23(18-22)33-17-16-32-15-14-31-13-12-30-4/h5-7,18,20-21,24,29H,8-17,19H2,1-4H3,(H,27,28)/t21-,24+,26+/m1/s1. The molecule has 1 aromatic carbocycles. The molecule has 188 valence electrons. The first-order valence-corrected chi connectivity index (χ1v) is 12.2. The number of carbonyl (C=O) groups excluding carboxylic acids is 1. The maximum absolute atomic E-state index is 12.9. The molecule has 1 aromatic rings. The number of nitrogens with one attached hydrogen (secondary N) is 1. The zero-order chi connectivity index (χ0) is 24.1. The third-order valence-corrected chi connectivity index (χ3v) is 6.34. The highest BCUT2D eigenvalue weighted by Crippen LogP contribution is 2.41. The number of carbonyl (C=O) groups is 1. The van der Waals surface area contributed by atoms with Crippen LogP contribution >= 0.6 is 0 Å². The lowest BCUT2D eigenvalue weighted by Gasteiger charge is -2.43. The molecule has 2 rings (SSSR count). The van der Waals surface area contributed by atoms with Crippen LogP contribution in [0.25, 0.3) is 0 Å². The summed E-state index contributed by atoms with van der Waals surface area (Å²) in [6.07, 6.45) is 3.17. The quantitative estimate of drug-likeness (QED) is 0.387. The summed E-state index contributed by atoms with van der Waals surface area (Å²) in [6.45, 7) is 9.94. The van der Waals surface area contributed by atoms with E-state index in [1.165, 1.54) is 0 Å².